The lowest BCUT2D eigenvalue weighted by Gasteiger charge is -2.39. The molecule has 0 unspecified atom stereocenters. The molecule has 1 aliphatic heterocycles. The molecule has 2 aliphatic rings. The van der Waals surface area contributed by atoms with Crippen LogP contribution in [-0.2, 0) is 0 Å². The summed E-state index contributed by atoms with van der Waals surface area (Å²) in [6, 6.07) is 0.913. The van der Waals surface area contributed by atoms with Crippen LogP contribution in [0.3, 0.4) is 0 Å². The first-order chi connectivity index (χ1) is 4.97. The Morgan fingerprint density at radius 1 is 1.20 bits per heavy atom. The summed E-state index contributed by atoms with van der Waals surface area (Å²) in [5.41, 5.74) is 0. The van der Waals surface area contributed by atoms with Crippen LogP contribution in [0.25, 0.3) is 0 Å². The molecule has 1 aliphatic carbocycles. The van der Waals surface area contributed by atoms with Gasteiger partial charge in [-0.15, -0.1) is 0 Å². The Balaban J connectivity index is 1.78. The molecule has 0 aromatic rings. The molecular weight excluding hydrogens is 122 g/mol. The molecule has 0 spiro atoms. The van der Waals surface area contributed by atoms with Crippen LogP contribution in [0.15, 0.2) is 0 Å². The maximum atomic E-state index is 2.52. The predicted octanol–water partition coefficient (Wildman–Crippen LogP) is 2.00. The predicted molar refractivity (Wildman–Crippen MR) is 42.2 cm³/mol. The van der Waals surface area contributed by atoms with E-state index in [0.717, 1.165) is 6.04 Å². The zero-order valence-electron chi connectivity index (χ0n) is 6.42. The van der Waals surface area contributed by atoms with Gasteiger partial charge in [-0.3, -0.25) is 4.90 Å². The molecule has 1 heterocycles. The number of piperidine rings is 1. The third-order valence-electron chi connectivity index (χ3n) is 2.63. The number of rotatable bonds is 1. The van der Waals surface area contributed by atoms with Gasteiger partial charge in [-0.1, -0.05) is 6.42 Å². The minimum Gasteiger partial charge on any atom is -0.296 e. The van der Waals surface area contributed by atoms with Gasteiger partial charge in [0.05, 0.1) is 0 Å². The molecule has 10 heavy (non-hydrogen) atoms. The van der Waals surface area contributed by atoms with Crippen molar-refractivity contribution in [2.75, 3.05) is 6.54 Å². The van der Waals surface area contributed by atoms with Gasteiger partial charge in [-0.25, -0.2) is 0 Å². The Hall–Kier alpha value is -0.0400. The van der Waals surface area contributed by atoms with E-state index in [9.17, 15) is 0 Å². The zero-order chi connectivity index (χ0) is 6.81. The summed E-state index contributed by atoms with van der Waals surface area (Å²) in [5, 5.41) is 0. The van der Waals surface area contributed by atoms with E-state index in [1.165, 1.54) is 38.6 Å². The van der Waals surface area contributed by atoms with Crippen molar-refractivity contribution in [1.29, 1.82) is 0 Å². The average Bonchev–Trinajstić information content (AvgIpc) is 1.86. The number of likely N-dealkylation sites (tertiary alicyclic amines) is 1. The summed E-state index contributed by atoms with van der Waals surface area (Å²) in [6.45, 7) is 3.61. The fourth-order valence-corrected chi connectivity index (χ4v) is 1.70. The smallest absolute Gasteiger partial charge is 0.0288 e. The van der Waals surface area contributed by atoms with Crippen molar-refractivity contribution in [2.24, 2.45) is 0 Å². The molecule has 56 valence electrons. The quantitative estimate of drug-likeness (QED) is 0.534. The van der Waals surface area contributed by atoms with Crippen LogP contribution in [0.2, 0.25) is 0 Å². The highest BCUT2D eigenvalue weighted by Gasteiger charge is 2.25. The summed E-state index contributed by atoms with van der Waals surface area (Å²) in [5.74, 6) is 0. The van der Waals surface area contributed by atoms with Crippen molar-refractivity contribution in [3.63, 3.8) is 0 Å². The first-order valence-electron chi connectivity index (χ1n) is 4.39. The van der Waals surface area contributed by atoms with Crippen molar-refractivity contribution < 1.29 is 0 Å². The third kappa shape index (κ3) is 1.20. The maximum absolute atomic E-state index is 2.52. The van der Waals surface area contributed by atoms with E-state index in [2.05, 4.69) is 17.9 Å². The second kappa shape index (κ2) is 2.91. The molecule has 0 N–H and O–H groups in total. The van der Waals surface area contributed by atoms with Crippen LogP contribution in [0.5, 0.6) is 0 Å². The highest BCUT2D eigenvalue weighted by atomic mass is 15.2. The topological polar surface area (TPSA) is 3.24 Å². The van der Waals surface area contributed by atoms with Crippen molar-refractivity contribution in [3.05, 3.63) is 13.0 Å². The van der Waals surface area contributed by atoms with Crippen LogP contribution in [0.1, 0.15) is 32.1 Å². The highest BCUT2D eigenvalue weighted by molar-refractivity contribution is 4.94. The van der Waals surface area contributed by atoms with E-state index in [-0.39, 0.29) is 0 Å². The van der Waals surface area contributed by atoms with E-state index in [0.29, 0.717) is 0 Å². The number of nitrogens with zero attached hydrogens (tertiary/aromatic N) is 1. The van der Waals surface area contributed by atoms with Gasteiger partial charge >= 0.3 is 0 Å². The molecule has 0 aromatic heterocycles. The standard InChI is InChI=1S/C9H15N/c1-2-7-10(8-3-1)9-5-4-6-9/h2,7,9H,1,3-6,8H2. The number of hydrogen-bond acceptors (Lipinski definition) is 1. The van der Waals surface area contributed by atoms with E-state index in [1.807, 2.05) is 0 Å². The van der Waals surface area contributed by atoms with Crippen molar-refractivity contribution in [3.8, 4) is 0 Å². The monoisotopic (exact) mass is 137 g/mol. The minimum absolute atomic E-state index is 0.913. The van der Waals surface area contributed by atoms with Crippen LogP contribution in [0.4, 0.5) is 0 Å². The Kier molecular flexibility index (Phi) is 1.94. The molecule has 0 aromatic carbocycles. The van der Waals surface area contributed by atoms with Gasteiger partial charge in [0.1, 0.15) is 0 Å². The summed E-state index contributed by atoms with van der Waals surface area (Å²) < 4.78 is 0. The fourth-order valence-electron chi connectivity index (χ4n) is 1.70. The first-order valence-corrected chi connectivity index (χ1v) is 4.39. The lowest BCUT2D eigenvalue weighted by molar-refractivity contribution is 0.152. The van der Waals surface area contributed by atoms with Crippen LogP contribution >= 0.6 is 0 Å². The van der Waals surface area contributed by atoms with Crippen molar-refractivity contribution >= 4 is 0 Å². The molecule has 0 atom stereocenters. The Bertz CT molecular complexity index is 101. The third-order valence-corrected chi connectivity index (χ3v) is 2.63. The largest absolute Gasteiger partial charge is 0.296 e. The molecule has 2 rings (SSSR count). The Morgan fingerprint density at radius 2 is 2.10 bits per heavy atom. The SMILES string of the molecule is [CH]1[CH]N(C2CCC2)CCC1. The first kappa shape index (κ1) is 6.66. The molecule has 1 heteroatoms. The molecule has 0 bridgehead atoms. The van der Waals surface area contributed by atoms with E-state index >= 15 is 0 Å². The van der Waals surface area contributed by atoms with Crippen LogP contribution in [0, 0.1) is 13.0 Å². The van der Waals surface area contributed by atoms with Gasteiger partial charge in [0, 0.05) is 12.6 Å². The lowest BCUT2D eigenvalue weighted by atomic mass is 9.90. The van der Waals surface area contributed by atoms with E-state index in [1.54, 1.807) is 0 Å². The summed E-state index contributed by atoms with van der Waals surface area (Å²) in [4.78, 5) is 2.52. The summed E-state index contributed by atoms with van der Waals surface area (Å²) in [7, 11) is 0. The van der Waals surface area contributed by atoms with Crippen LogP contribution < -0.4 is 0 Å². The molecule has 1 saturated heterocycles. The summed E-state index contributed by atoms with van der Waals surface area (Å²) >= 11 is 0. The highest BCUT2D eigenvalue weighted by Crippen LogP contribution is 2.28. The van der Waals surface area contributed by atoms with E-state index < -0.39 is 0 Å². The van der Waals surface area contributed by atoms with Gasteiger partial charge in [0.2, 0.25) is 0 Å². The Morgan fingerprint density at radius 3 is 2.60 bits per heavy atom. The van der Waals surface area contributed by atoms with E-state index in [4.69, 9.17) is 0 Å². The van der Waals surface area contributed by atoms with Gasteiger partial charge in [-0.2, -0.15) is 0 Å². The minimum atomic E-state index is 0.913. The zero-order valence-corrected chi connectivity index (χ0v) is 6.42. The molecular formula is C9H15N. The lowest BCUT2D eigenvalue weighted by Crippen LogP contribution is -2.40. The normalized spacial score (nSPS) is 30.0. The second-order valence-electron chi connectivity index (χ2n) is 3.35. The molecule has 1 saturated carbocycles. The van der Waals surface area contributed by atoms with Gasteiger partial charge < -0.3 is 0 Å². The molecule has 2 radical (unpaired) electrons. The molecule has 1 nitrogen and oxygen atoms in total. The fraction of sp³-hybridized carbons (Fsp3) is 0.778. The average molecular weight is 137 g/mol. The molecule has 2 fully saturated rings. The van der Waals surface area contributed by atoms with Crippen molar-refractivity contribution in [2.45, 2.75) is 38.1 Å². The second-order valence-corrected chi connectivity index (χ2v) is 3.35. The number of hydrogen-bond donors (Lipinski definition) is 0. The maximum Gasteiger partial charge on any atom is 0.0288 e. The van der Waals surface area contributed by atoms with Gasteiger partial charge in [0.15, 0.2) is 0 Å². The van der Waals surface area contributed by atoms with Gasteiger partial charge in [-0.05, 0) is 38.6 Å². The molecule has 0 amide bonds. The van der Waals surface area contributed by atoms with Gasteiger partial charge in [0.25, 0.3) is 0 Å². The Labute approximate surface area is 63.4 Å². The summed E-state index contributed by atoms with van der Waals surface area (Å²) in [6.07, 6.45) is 9.29. The van der Waals surface area contributed by atoms with Crippen LogP contribution in [-0.4, -0.2) is 17.5 Å². The van der Waals surface area contributed by atoms with Crippen molar-refractivity contribution in [1.82, 2.24) is 4.90 Å².